The molecule has 1 aliphatic heterocycles. The summed E-state index contributed by atoms with van der Waals surface area (Å²) in [7, 11) is 0. The number of unbranched alkanes of at least 4 members (excludes halogenated alkanes) is 60. The highest BCUT2D eigenvalue weighted by molar-refractivity contribution is 5.76. The fraction of sp³-hybridized carbons (Fsp3) is 0.938. The third-order valence-electron chi connectivity index (χ3n) is 19.5. The fourth-order valence-electron chi connectivity index (χ4n) is 13.3. The number of allylic oxidation sites excluding steroid dienone is 3. The number of aliphatic hydroxyl groups is 5. The van der Waals surface area contributed by atoms with E-state index in [1.165, 1.54) is 366 Å². The molecule has 1 saturated heterocycles. The molecule has 1 rings (SSSR count). The van der Waals surface area contributed by atoms with Gasteiger partial charge in [0.15, 0.2) is 6.29 Å². The van der Waals surface area contributed by atoms with Crippen LogP contribution < -0.4 is 5.32 Å². The Hall–Kier alpha value is -1.33. The van der Waals surface area contributed by atoms with Gasteiger partial charge in [0.2, 0.25) is 5.91 Å². The lowest BCUT2D eigenvalue weighted by Crippen LogP contribution is -2.60. The van der Waals surface area contributed by atoms with Gasteiger partial charge in [0.25, 0.3) is 0 Å². The van der Waals surface area contributed by atoms with Crippen LogP contribution in [-0.2, 0) is 14.3 Å². The normalized spacial score (nSPS) is 17.9. The van der Waals surface area contributed by atoms with Crippen molar-refractivity contribution < 1.29 is 39.8 Å². The first-order valence-electron chi connectivity index (χ1n) is 40.1. The second-order valence-corrected chi connectivity index (χ2v) is 28.2. The number of rotatable bonds is 72. The first-order chi connectivity index (χ1) is 43.8. The van der Waals surface area contributed by atoms with Crippen LogP contribution in [-0.4, -0.2) is 87.5 Å². The average Bonchev–Trinajstić information content (AvgIpc) is 2.42. The van der Waals surface area contributed by atoms with Crippen molar-refractivity contribution >= 4 is 5.91 Å². The van der Waals surface area contributed by atoms with Crippen LogP contribution in [0.2, 0.25) is 0 Å². The average molecular weight is 1260 g/mol. The zero-order valence-electron chi connectivity index (χ0n) is 59.5. The minimum Gasteiger partial charge on any atom is -0.394 e. The minimum absolute atomic E-state index is 0.176. The van der Waals surface area contributed by atoms with Gasteiger partial charge in [-0.15, -0.1) is 0 Å². The van der Waals surface area contributed by atoms with Crippen molar-refractivity contribution in [2.45, 2.75) is 468 Å². The van der Waals surface area contributed by atoms with Gasteiger partial charge in [-0.1, -0.05) is 411 Å². The Balaban J connectivity index is 2.07. The summed E-state index contributed by atoms with van der Waals surface area (Å²) in [4.78, 5) is 13.2. The molecule has 0 aliphatic carbocycles. The van der Waals surface area contributed by atoms with Gasteiger partial charge in [-0.2, -0.15) is 0 Å². The van der Waals surface area contributed by atoms with E-state index in [0.717, 1.165) is 38.5 Å². The molecule has 0 saturated carbocycles. The summed E-state index contributed by atoms with van der Waals surface area (Å²) in [6.07, 6.45) is 86.3. The molecule has 0 bridgehead atoms. The lowest BCUT2D eigenvalue weighted by Gasteiger charge is -2.40. The SMILES string of the molecule is CCCCCCCCCCCCCCCCCCCCCCCCCC/C=C/CC/C=C/C(O)C(COC1OC(CO)C(O)C(O)C1O)NC(=O)CCCCCCCCCCCCCCCCCCCCCCCCCCCCCCCCCCCCCC. The summed E-state index contributed by atoms with van der Waals surface area (Å²) in [5.74, 6) is -0.176. The summed E-state index contributed by atoms with van der Waals surface area (Å²) < 4.78 is 11.3. The minimum atomic E-state index is -1.57. The lowest BCUT2D eigenvalue weighted by atomic mass is 9.99. The monoisotopic (exact) mass is 1260 g/mol. The van der Waals surface area contributed by atoms with Crippen LogP contribution in [0.3, 0.4) is 0 Å². The van der Waals surface area contributed by atoms with Crippen molar-refractivity contribution in [3.05, 3.63) is 24.3 Å². The zero-order chi connectivity index (χ0) is 64.2. The van der Waals surface area contributed by atoms with E-state index in [-0.39, 0.29) is 12.5 Å². The number of nitrogens with one attached hydrogen (secondary N) is 1. The zero-order valence-corrected chi connectivity index (χ0v) is 59.5. The van der Waals surface area contributed by atoms with Crippen molar-refractivity contribution in [2.75, 3.05) is 13.2 Å². The first-order valence-corrected chi connectivity index (χ1v) is 40.1. The standard InChI is InChI=1S/C80H155NO8/c1-3-5-7-9-11-13-15-17-19-21-23-25-27-29-31-33-35-36-37-38-39-40-42-44-46-48-50-52-54-56-58-60-62-64-66-68-70-76(84)81-73(72-88-80-79(87)78(86)77(85)75(71-82)89-80)74(83)69-67-65-63-61-59-57-55-53-51-49-47-45-43-41-34-32-30-28-26-24-22-20-18-16-14-12-10-8-6-4-2/h59,61,67,69,73-75,77-80,82-83,85-87H,3-58,60,62-66,68,70-72H2,1-2H3,(H,81,84)/b61-59+,69-67+. The Labute approximate surface area is 553 Å². The summed E-state index contributed by atoms with van der Waals surface area (Å²) in [6, 6.07) is -0.821. The molecule has 9 nitrogen and oxygen atoms in total. The van der Waals surface area contributed by atoms with Crippen molar-refractivity contribution in [1.29, 1.82) is 0 Å². The highest BCUT2D eigenvalue weighted by Gasteiger charge is 2.44. The van der Waals surface area contributed by atoms with E-state index in [2.05, 4.69) is 31.3 Å². The van der Waals surface area contributed by atoms with Crippen LogP contribution in [0.4, 0.5) is 0 Å². The predicted octanol–water partition coefficient (Wildman–Crippen LogP) is 22.8. The number of hydrogen-bond donors (Lipinski definition) is 6. The summed E-state index contributed by atoms with van der Waals surface area (Å²) in [5.41, 5.74) is 0. The smallest absolute Gasteiger partial charge is 0.220 e. The van der Waals surface area contributed by atoms with E-state index in [1.807, 2.05) is 6.08 Å². The molecule has 528 valence electrons. The quantitative estimate of drug-likeness (QED) is 0.0261. The molecule has 0 aromatic heterocycles. The third-order valence-corrected chi connectivity index (χ3v) is 19.5. The molecule has 0 aromatic carbocycles. The highest BCUT2D eigenvalue weighted by atomic mass is 16.7. The lowest BCUT2D eigenvalue weighted by molar-refractivity contribution is -0.302. The number of amides is 1. The summed E-state index contributed by atoms with van der Waals surface area (Å²) in [5, 5.41) is 54.9. The molecular weight excluding hydrogens is 1100 g/mol. The van der Waals surface area contributed by atoms with Crippen LogP contribution in [0.1, 0.15) is 425 Å². The van der Waals surface area contributed by atoms with E-state index in [9.17, 15) is 30.3 Å². The van der Waals surface area contributed by atoms with Gasteiger partial charge in [0.1, 0.15) is 24.4 Å². The second-order valence-electron chi connectivity index (χ2n) is 28.2. The molecule has 0 radical (unpaired) electrons. The largest absolute Gasteiger partial charge is 0.394 e. The van der Waals surface area contributed by atoms with E-state index < -0.39 is 49.5 Å². The van der Waals surface area contributed by atoms with Crippen LogP contribution in [0.15, 0.2) is 24.3 Å². The molecule has 0 aromatic rings. The number of ether oxygens (including phenoxy) is 2. The molecular formula is C80H155NO8. The van der Waals surface area contributed by atoms with Crippen LogP contribution >= 0.6 is 0 Å². The summed E-state index contributed by atoms with van der Waals surface area (Å²) >= 11 is 0. The van der Waals surface area contributed by atoms with Crippen LogP contribution in [0.25, 0.3) is 0 Å². The molecule has 7 unspecified atom stereocenters. The summed E-state index contributed by atoms with van der Waals surface area (Å²) in [6.45, 7) is 3.84. The number of aliphatic hydroxyl groups excluding tert-OH is 5. The van der Waals surface area contributed by atoms with Gasteiger partial charge >= 0.3 is 0 Å². The maximum absolute atomic E-state index is 13.2. The predicted molar refractivity (Wildman–Crippen MR) is 383 cm³/mol. The Bertz CT molecular complexity index is 1460. The molecule has 7 atom stereocenters. The van der Waals surface area contributed by atoms with Gasteiger partial charge < -0.3 is 40.3 Å². The van der Waals surface area contributed by atoms with Gasteiger partial charge in [-0.3, -0.25) is 4.79 Å². The molecule has 6 N–H and O–H groups in total. The second kappa shape index (κ2) is 69.5. The van der Waals surface area contributed by atoms with Gasteiger partial charge in [-0.05, 0) is 32.1 Å². The van der Waals surface area contributed by atoms with Crippen LogP contribution in [0, 0.1) is 0 Å². The molecule has 9 heteroatoms. The van der Waals surface area contributed by atoms with Gasteiger partial charge in [-0.25, -0.2) is 0 Å². The van der Waals surface area contributed by atoms with E-state index >= 15 is 0 Å². The Kier molecular flexibility index (Phi) is 66.9. The van der Waals surface area contributed by atoms with E-state index in [0.29, 0.717) is 6.42 Å². The Morgan fingerprint density at radius 1 is 0.371 bits per heavy atom. The number of hydrogen-bond acceptors (Lipinski definition) is 8. The van der Waals surface area contributed by atoms with E-state index in [1.54, 1.807) is 6.08 Å². The molecule has 1 heterocycles. The maximum atomic E-state index is 13.2. The maximum Gasteiger partial charge on any atom is 0.220 e. The third kappa shape index (κ3) is 57.8. The molecule has 89 heavy (non-hydrogen) atoms. The van der Waals surface area contributed by atoms with Crippen LogP contribution in [0.5, 0.6) is 0 Å². The Morgan fingerprint density at radius 3 is 0.944 bits per heavy atom. The first kappa shape index (κ1) is 85.7. The molecule has 1 fully saturated rings. The molecule has 1 aliphatic rings. The van der Waals surface area contributed by atoms with Crippen molar-refractivity contribution in [1.82, 2.24) is 5.32 Å². The van der Waals surface area contributed by atoms with E-state index in [4.69, 9.17) is 9.47 Å². The molecule has 0 spiro atoms. The topological polar surface area (TPSA) is 149 Å². The fourth-order valence-corrected chi connectivity index (χ4v) is 13.3. The Morgan fingerprint density at radius 2 is 0.640 bits per heavy atom. The molecule has 1 amide bonds. The van der Waals surface area contributed by atoms with Gasteiger partial charge in [0.05, 0.1) is 25.4 Å². The number of carbonyl (C=O) groups excluding carboxylic acids is 1. The van der Waals surface area contributed by atoms with Crippen molar-refractivity contribution in [3.8, 4) is 0 Å². The van der Waals surface area contributed by atoms with Gasteiger partial charge in [0, 0.05) is 6.42 Å². The van der Waals surface area contributed by atoms with Crippen molar-refractivity contribution in [3.63, 3.8) is 0 Å². The number of carbonyl (C=O) groups is 1. The van der Waals surface area contributed by atoms with Crippen molar-refractivity contribution in [2.24, 2.45) is 0 Å². The highest BCUT2D eigenvalue weighted by Crippen LogP contribution is 2.24.